The number of nitrogens with two attached hydrogens (primary N) is 4. The molecule has 14 heteroatoms. The van der Waals surface area contributed by atoms with Gasteiger partial charge >= 0.3 is 23.9 Å². The van der Waals surface area contributed by atoms with Gasteiger partial charge in [0, 0.05) is 17.5 Å². The molecule has 38 heavy (non-hydrogen) atoms. The van der Waals surface area contributed by atoms with E-state index >= 15 is 0 Å². The molecule has 0 bridgehead atoms. The summed E-state index contributed by atoms with van der Waals surface area (Å²) < 4.78 is 1.90. The number of aromatic nitrogens is 1. The number of unbranched alkanes of at least 4 members (excludes halogenated alkanes) is 1. The van der Waals surface area contributed by atoms with E-state index in [4.69, 9.17) is 33.1 Å². The highest BCUT2D eigenvalue weighted by Gasteiger charge is 2.22. The third kappa shape index (κ3) is 12.6. The van der Waals surface area contributed by atoms with Gasteiger partial charge in [-0.25, -0.2) is 4.57 Å². The lowest BCUT2D eigenvalue weighted by molar-refractivity contribution is -0.698. The van der Waals surface area contributed by atoms with Crippen molar-refractivity contribution in [1.29, 1.82) is 0 Å². The maximum absolute atomic E-state index is 11.2. The smallest absolute Gasteiger partial charge is 0.320 e. The van der Waals surface area contributed by atoms with Crippen LogP contribution >= 0.6 is 12.4 Å². The van der Waals surface area contributed by atoms with Gasteiger partial charge in [-0.15, -0.1) is 12.4 Å². The van der Waals surface area contributed by atoms with Crippen LogP contribution < -0.4 is 27.5 Å². The van der Waals surface area contributed by atoms with Crippen LogP contribution in [0.3, 0.4) is 0 Å². The van der Waals surface area contributed by atoms with Crippen LogP contribution in [0.25, 0.3) is 0 Å². The van der Waals surface area contributed by atoms with Crippen LogP contribution in [-0.2, 0) is 45.0 Å². The Bertz CT molecular complexity index is 903. The van der Waals surface area contributed by atoms with Crippen LogP contribution in [0.2, 0.25) is 0 Å². The summed E-state index contributed by atoms with van der Waals surface area (Å²) in [6.45, 7) is 0.534. The zero-order valence-corrected chi connectivity index (χ0v) is 22.1. The lowest BCUT2D eigenvalue weighted by Crippen LogP contribution is -2.37. The van der Waals surface area contributed by atoms with Crippen LogP contribution in [0.4, 0.5) is 0 Å². The molecule has 12 N–H and O–H groups in total. The molecule has 0 aromatic carbocycles. The average molecular weight is 563 g/mol. The molecule has 0 radical (unpaired) electrons. The number of carboxylic acids is 4. The number of carboxylic acid groups (broad SMARTS) is 4. The van der Waals surface area contributed by atoms with E-state index in [0.717, 1.165) is 16.7 Å². The summed E-state index contributed by atoms with van der Waals surface area (Å²) >= 11 is 0. The van der Waals surface area contributed by atoms with Crippen molar-refractivity contribution in [3.63, 3.8) is 0 Å². The Morgan fingerprint density at radius 1 is 0.605 bits per heavy atom. The Morgan fingerprint density at radius 3 is 1.37 bits per heavy atom. The van der Waals surface area contributed by atoms with Gasteiger partial charge in [0.15, 0.2) is 12.4 Å². The molecule has 0 saturated heterocycles. The summed E-state index contributed by atoms with van der Waals surface area (Å²) in [6, 6.07) is -4.09. The summed E-state index contributed by atoms with van der Waals surface area (Å²) in [7, 11) is 0. The highest BCUT2D eigenvalue weighted by molar-refractivity contribution is 5.85. The Morgan fingerprint density at radius 2 is 0.974 bits per heavy atom. The van der Waals surface area contributed by atoms with Crippen molar-refractivity contribution in [1.82, 2.24) is 0 Å². The Balaban J connectivity index is 0.0000137. The molecule has 1 aromatic heterocycles. The van der Waals surface area contributed by atoms with E-state index in [1.807, 2.05) is 17.0 Å². The Labute approximate surface area is 227 Å². The first kappa shape index (κ1) is 35.2. The molecule has 4 atom stereocenters. The summed E-state index contributed by atoms with van der Waals surface area (Å²) in [5.74, 6) is -4.41. The SMILES string of the molecule is Cl.NC(CCCC[n+]1cc(CCC(N)C(=O)O)c(CCCC(N)C(=O)O)c(CCC(N)C(=O)O)c1)C(=O)O. The van der Waals surface area contributed by atoms with Gasteiger partial charge in [-0.3, -0.25) is 19.2 Å². The first-order valence-corrected chi connectivity index (χ1v) is 12.3. The van der Waals surface area contributed by atoms with Gasteiger partial charge in [0.1, 0.15) is 30.7 Å². The molecule has 1 heterocycles. The first-order chi connectivity index (χ1) is 17.3. The fourth-order valence-electron chi connectivity index (χ4n) is 3.95. The van der Waals surface area contributed by atoms with Gasteiger partial charge in [-0.2, -0.15) is 0 Å². The molecule has 0 aliphatic carbocycles. The molecule has 216 valence electrons. The lowest BCUT2D eigenvalue weighted by atomic mass is 9.91. The minimum Gasteiger partial charge on any atom is -0.480 e. The number of pyridine rings is 1. The molecule has 0 amide bonds. The van der Waals surface area contributed by atoms with E-state index in [1.54, 1.807) is 0 Å². The number of nitrogens with zero attached hydrogens (tertiary/aromatic N) is 1. The van der Waals surface area contributed by atoms with Gasteiger partial charge in [0.05, 0.1) is 0 Å². The van der Waals surface area contributed by atoms with Gasteiger partial charge in [-0.05, 0) is 63.4 Å². The van der Waals surface area contributed by atoms with E-state index in [0.29, 0.717) is 51.5 Å². The van der Waals surface area contributed by atoms with E-state index in [2.05, 4.69) is 0 Å². The zero-order valence-electron chi connectivity index (χ0n) is 21.3. The molecular weight excluding hydrogens is 522 g/mol. The van der Waals surface area contributed by atoms with E-state index in [1.165, 1.54) is 0 Å². The molecule has 1 rings (SSSR count). The average Bonchev–Trinajstić information content (AvgIpc) is 2.83. The molecule has 1 aromatic rings. The predicted molar refractivity (Wildman–Crippen MR) is 140 cm³/mol. The van der Waals surface area contributed by atoms with Crippen LogP contribution in [-0.4, -0.2) is 68.5 Å². The summed E-state index contributed by atoms with van der Waals surface area (Å²) in [6.07, 6.45) is 7.46. The van der Waals surface area contributed by atoms with Crippen LogP contribution in [0.1, 0.15) is 61.6 Å². The second kappa shape index (κ2) is 17.6. The summed E-state index contributed by atoms with van der Waals surface area (Å²) in [5.41, 5.74) is 25.2. The number of hydrogen-bond donors (Lipinski definition) is 8. The summed E-state index contributed by atoms with van der Waals surface area (Å²) in [4.78, 5) is 44.5. The van der Waals surface area contributed by atoms with E-state index < -0.39 is 48.0 Å². The number of rotatable bonds is 19. The van der Waals surface area contributed by atoms with Crippen LogP contribution in [0.5, 0.6) is 0 Å². The van der Waals surface area contributed by atoms with E-state index in [-0.39, 0.29) is 31.7 Å². The van der Waals surface area contributed by atoms with Crippen molar-refractivity contribution in [3.8, 4) is 0 Å². The normalized spacial score (nSPS) is 14.1. The molecule has 13 nitrogen and oxygen atoms in total. The Hall–Kier alpha value is -2.84. The maximum atomic E-state index is 11.2. The Kier molecular flexibility index (Phi) is 16.3. The number of halogens is 1. The fraction of sp³-hybridized carbons (Fsp3) is 0.625. The van der Waals surface area contributed by atoms with Crippen molar-refractivity contribution >= 4 is 36.3 Å². The summed E-state index contributed by atoms with van der Waals surface area (Å²) in [5, 5.41) is 36.4. The number of carbonyl (C=O) groups is 4. The molecule has 0 spiro atoms. The quantitative estimate of drug-likeness (QED) is 0.0776. The molecule has 0 saturated carbocycles. The largest absolute Gasteiger partial charge is 0.480 e. The molecule has 0 aliphatic heterocycles. The number of hydrogen-bond acceptors (Lipinski definition) is 8. The number of aryl methyl sites for hydroxylation is 3. The van der Waals surface area contributed by atoms with Crippen molar-refractivity contribution in [3.05, 3.63) is 29.1 Å². The molecule has 0 fully saturated rings. The van der Waals surface area contributed by atoms with Crippen molar-refractivity contribution in [2.24, 2.45) is 22.9 Å². The predicted octanol–water partition coefficient (Wildman–Crippen LogP) is -0.598. The van der Waals surface area contributed by atoms with Crippen LogP contribution in [0.15, 0.2) is 12.4 Å². The third-order valence-corrected chi connectivity index (χ3v) is 6.26. The third-order valence-electron chi connectivity index (χ3n) is 6.26. The number of aliphatic carboxylic acids is 4. The highest BCUT2D eigenvalue weighted by Crippen LogP contribution is 2.21. The maximum Gasteiger partial charge on any atom is 0.320 e. The van der Waals surface area contributed by atoms with E-state index in [9.17, 15) is 29.4 Å². The molecular formula is C24H41ClN5O8+. The second-order valence-electron chi connectivity index (χ2n) is 9.27. The molecule has 0 aliphatic rings. The topological polar surface area (TPSA) is 257 Å². The monoisotopic (exact) mass is 562 g/mol. The standard InChI is InChI=1S/C24H39N5O8.ClH/c25-17(21(30)31)5-1-2-11-29-12-14(7-9-19(27)23(34)35)16(4-3-6-18(26)22(32)33)15(13-29)8-10-20(28)24(36)37;/h12-13,17-20H,1-11,25-28H2,(H3-,30,31,32,33,34,35,36,37);1H/p+1. The van der Waals surface area contributed by atoms with Crippen molar-refractivity contribution in [2.75, 3.05) is 0 Å². The minimum atomic E-state index is -1.12. The fourth-order valence-corrected chi connectivity index (χ4v) is 3.95. The van der Waals surface area contributed by atoms with Gasteiger partial charge in [-0.1, -0.05) is 0 Å². The zero-order chi connectivity index (χ0) is 28.1. The van der Waals surface area contributed by atoms with Gasteiger partial charge < -0.3 is 43.4 Å². The van der Waals surface area contributed by atoms with Crippen LogP contribution in [0, 0.1) is 0 Å². The molecule has 4 unspecified atom stereocenters. The highest BCUT2D eigenvalue weighted by atomic mass is 35.5. The minimum absolute atomic E-state index is 0. The van der Waals surface area contributed by atoms with Crippen molar-refractivity contribution in [2.45, 2.75) is 94.9 Å². The first-order valence-electron chi connectivity index (χ1n) is 12.3. The second-order valence-corrected chi connectivity index (χ2v) is 9.27. The van der Waals surface area contributed by atoms with Crippen molar-refractivity contribution < 1.29 is 44.2 Å². The lowest BCUT2D eigenvalue weighted by Gasteiger charge is -2.16. The van der Waals surface area contributed by atoms with Gasteiger partial charge in [0.25, 0.3) is 0 Å². The van der Waals surface area contributed by atoms with Gasteiger partial charge in [0.2, 0.25) is 0 Å².